The maximum absolute atomic E-state index is 12.6. The van der Waals surface area contributed by atoms with Crippen molar-refractivity contribution >= 4 is 15.7 Å². The van der Waals surface area contributed by atoms with E-state index in [0.29, 0.717) is 12.2 Å². The second-order valence-electron chi connectivity index (χ2n) is 4.17. The van der Waals surface area contributed by atoms with Crippen LogP contribution in [-0.4, -0.2) is 36.5 Å². The van der Waals surface area contributed by atoms with Crippen LogP contribution < -0.4 is 4.31 Å². The van der Waals surface area contributed by atoms with Crippen molar-refractivity contribution in [1.82, 2.24) is 9.78 Å². The number of benzene rings is 1. The quantitative estimate of drug-likeness (QED) is 0.865. The number of rotatable bonds is 6. The summed E-state index contributed by atoms with van der Waals surface area (Å²) in [4.78, 5) is 0.122. The smallest absolute Gasteiger partial charge is 0.267 e. The number of sulfonamides is 1. The summed E-state index contributed by atoms with van der Waals surface area (Å²) in [5, 5.41) is 12.8. The Balaban J connectivity index is 2.36. The number of aliphatic hydroxyl groups is 1. The molecule has 0 saturated heterocycles. The molecule has 0 spiro atoms. The summed E-state index contributed by atoms with van der Waals surface area (Å²) in [5.41, 5.74) is 0.616. The highest BCUT2D eigenvalue weighted by Crippen LogP contribution is 2.22. The third-order valence-corrected chi connectivity index (χ3v) is 4.71. The molecule has 0 amide bonds. The van der Waals surface area contributed by atoms with Gasteiger partial charge in [0.15, 0.2) is 0 Å². The lowest BCUT2D eigenvalue weighted by Crippen LogP contribution is -2.30. The van der Waals surface area contributed by atoms with Crippen LogP contribution in [0.3, 0.4) is 0 Å². The maximum Gasteiger partial charge on any atom is 0.267 e. The van der Waals surface area contributed by atoms with Crippen molar-refractivity contribution in [3.05, 3.63) is 42.7 Å². The van der Waals surface area contributed by atoms with E-state index in [2.05, 4.69) is 5.10 Å². The molecule has 0 atom stereocenters. The van der Waals surface area contributed by atoms with Gasteiger partial charge in [-0.1, -0.05) is 18.2 Å². The molecule has 0 radical (unpaired) electrons. The first-order valence-corrected chi connectivity index (χ1v) is 7.74. The first kappa shape index (κ1) is 14.5. The van der Waals surface area contributed by atoms with Gasteiger partial charge in [-0.2, -0.15) is 5.10 Å². The standard InChI is InChI=1S/C13H17N3O3S/c1-2-16(12-6-4-3-5-7-12)20(18,19)13-10-14-15(11-13)8-9-17/h3-7,10-11,17H,2,8-9H2,1H3. The molecule has 7 heteroatoms. The van der Waals surface area contributed by atoms with Crippen LogP contribution in [0.1, 0.15) is 6.92 Å². The summed E-state index contributed by atoms with van der Waals surface area (Å²) < 4.78 is 27.9. The van der Waals surface area contributed by atoms with E-state index in [1.807, 2.05) is 6.07 Å². The average molecular weight is 295 g/mol. The van der Waals surface area contributed by atoms with Crippen molar-refractivity contribution < 1.29 is 13.5 Å². The number of hydrogen-bond acceptors (Lipinski definition) is 4. The van der Waals surface area contributed by atoms with Gasteiger partial charge in [0.05, 0.1) is 25.0 Å². The fraction of sp³-hybridized carbons (Fsp3) is 0.308. The van der Waals surface area contributed by atoms with Crippen LogP contribution in [0.5, 0.6) is 0 Å². The molecular weight excluding hydrogens is 278 g/mol. The molecule has 20 heavy (non-hydrogen) atoms. The summed E-state index contributed by atoms with van der Waals surface area (Å²) >= 11 is 0. The first-order chi connectivity index (χ1) is 9.59. The van der Waals surface area contributed by atoms with Gasteiger partial charge in [-0.25, -0.2) is 8.42 Å². The van der Waals surface area contributed by atoms with Crippen LogP contribution >= 0.6 is 0 Å². The van der Waals surface area contributed by atoms with Crippen LogP contribution in [0.15, 0.2) is 47.6 Å². The average Bonchev–Trinajstić information content (AvgIpc) is 2.90. The summed E-state index contributed by atoms with van der Waals surface area (Å²) in [6.07, 6.45) is 2.73. The second-order valence-corrected chi connectivity index (χ2v) is 6.03. The van der Waals surface area contributed by atoms with E-state index in [9.17, 15) is 8.42 Å². The molecule has 1 heterocycles. The van der Waals surface area contributed by atoms with Gasteiger partial charge in [0.25, 0.3) is 10.0 Å². The Kier molecular flexibility index (Phi) is 4.41. The molecular formula is C13H17N3O3S. The van der Waals surface area contributed by atoms with E-state index in [-0.39, 0.29) is 18.0 Å². The third kappa shape index (κ3) is 2.83. The normalized spacial score (nSPS) is 11.5. The number of hydrogen-bond donors (Lipinski definition) is 1. The fourth-order valence-corrected chi connectivity index (χ4v) is 3.34. The Morgan fingerprint density at radius 3 is 2.60 bits per heavy atom. The van der Waals surface area contributed by atoms with Gasteiger partial charge in [-0.05, 0) is 19.1 Å². The van der Waals surface area contributed by atoms with Gasteiger partial charge < -0.3 is 5.11 Å². The van der Waals surface area contributed by atoms with Crippen LogP contribution in [0, 0.1) is 0 Å². The van der Waals surface area contributed by atoms with Gasteiger partial charge in [0.1, 0.15) is 4.90 Å². The monoisotopic (exact) mass is 295 g/mol. The molecule has 0 aliphatic carbocycles. The first-order valence-electron chi connectivity index (χ1n) is 6.30. The molecule has 0 bridgehead atoms. The van der Waals surface area contributed by atoms with Gasteiger partial charge in [-0.3, -0.25) is 8.99 Å². The highest BCUT2D eigenvalue weighted by atomic mass is 32.2. The number of aliphatic hydroxyl groups excluding tert-OH is 1. The van der Waals surface area contributed by atoms with E-state index >= 15 is 0 Å². The highest BCUT2D eigenvalue weighted by Gasteiger charge is 2.24. The molecule has 2 rings (SSSR count). The minimum atomic E-state index is -3.63. The van der Waals surface area contributed by atoms with Crippen molar-refractivity contribution in [2.75, 3.05) is 17.5 Å². The number of para-hydroxylation sites is 1. The summed E-state index contributed by atoms with van der Waals surface area (Å²) in [6, 6.07) is 8.92. The molecule has 0 fully saturated rings. The molecule has 1 aromatic heterocycles. The Labute approximate surface area is 118 Å². The van der Waals surface area contributed by atoms with Gasteiger partial charge in [0.2, 0.25) is 0 Å². The molecule has 0 saturated carbocycles. The van der Waals surface area contributed by atoms with Crippen molar-refractivity contribution in [2.24, 2.45) is 0 Å². The predicted molar refractivity (Wildman–Crippen MR) is 76.0 cm³/mol. The third-order valence-electron chi connectivity index (χ3n) is 2.86. The molecule has 0 aliphatic rings. The molecule has 0 aliphatic heterocycles. The zero-order chi connectivity index (χ0) is 14.6. The van der Waals surface area contributed by atoms with Gasteiger partial charge in [-0.15, -0.1) is 0 Å². The number of anilines is 1. The lowest BCUT2D eigenvalue weighted by Gasteiger charge is -2.21. The molecule has 1 N–H and O–H groups in total. The van der Waals surface area contributed by atoms with Gasteiger partial charge >= 0.3 is 0 Å². The predicted octanol–water partition coefficient (Wildman–Crippen LogP) is 1.09. The number of aromatic nitrogens is 2. The summed E-state index contributed by atoms with van der Waals surface area (Å²) in [6.45, 7) is 2.30. The summed E-state index contributed by atoms with van der Waals surface area (Å²) in [5.74, 6) is 0. The van der Waals surface area contributed by atoms with Crippen molar-refractivity contribution in [3.63, 3.8) is 0 Å². The van der Waals surface area contributed by atoms with Crippen LogP contribution in [-0.2, 0) is 16.6 Å². The van der Waals surface area contributed by atoms with E-state index in [4.69, 9.17) is 5.11 Å². The van der Waals surface area contributed by atoms with Crippen molar-refractivity contribution in [2.45, 2.75) is 18.4 Å². The SMILES string of the molecule is CCN(c1ccccc1)S(=O)(=O)c1cnn(CCO)c1. The second kappa shape index (κ2) is 6.06. The van der Waals surface area contributed by atoms with E-state index in [1.54, 1.807) is 31.2 Å². The van der Waals surface area contributed by atoms with Crippen LogP contribution in [0.4, 0.5) is 5.69 Å². The Bertz CT molecular complexity index is 653. The minimum Gasteiger partial charge on any atom is -0.394 e. The molecule has 0 unspecified atom stereocenters. The van der Waals surface area contributed by atoms with Crippen LogP contribution in [0.25, 0.3) is 0 Å². The van der Waals surface area contributed by atoms with Crippen molar-refractivity contribution in [3.8, 4) is 0 Å². The largest absolute Gasteiger partial charge is 0.394 e. The van der Waals surface area contributed by atoms with E-state index < -0.39 is 10.0 Å². The highest BCUT2D eigenvalue weighted by molar-refractivity contribution is 7.92. The summed E-state index contributed by atoms with van der Waals surface area (Å²) in [7, 11) is -3.63. The lowest BCUT2D eigenvalue weighted by atomic mass is 10.3. The maximum atomic E-state index is 12.6. The van der Waals surface area contributed by atoms with Gasteiger partial charge in [0, 0.05) is 12.7 Å². The Morgan fingerprint density at radius 2 is 2.00 bits per heavy atom. The topological polar surface area (TPSA) is 75.4 Å². The molecule has 108 valence electrons. The van der Waals surface area contributed by atoms with E-state index in [0.717, 1.165) is 0 Å². The zero-order valence-electron chi connectivity index (χ0n) is 11.2. The zero-order valence-corrected chi connectivity index (χ0v) is 12.0. The Morgan fingerprint density at radius 1 is 1.30 bits per heavy atom. The van der Waals surface area contributed by atoms with Crippen LogP contribution in [0.2, 0.25) is 0 Å². The van der Waals surface area contributed by atoms with Crippen molar-refractivity contribution in [1.29, 1.82) is 0 Å². The fourth-order valence-electron chi connectivity index (χ4n) is 1.92. The molecule has 1 aromatic carbocycles. The molecule has 6 nitrogen and oxygen atoms in total. The minimum absolute atomic E-state index is 0.0860. The number of nitrogens with zero attached hydrogens (tertiary/aromatic N) is 3. The lowest BCUT2D eigenvalue weighted by molar-refractivity contribution is 0.269. The molecule has 2 aromatic rings. The Hall–Kier alpha value is -1.86. The van der Waals surface area contributed by atoms with E-state index in [1.165, 1.54) is 21.4 Å².